The van der Waals surface area contributed by atoms with Crippen LogP contribution < -0.4 is 14.8 Å². The van der Waals surface area contributed by atoms with Crippen molar-refractivity contribution < 1.29 is 9.47 Å². The highest BCUT2D eigenvalue weighted by molar-refractivity contribution is 5.32. The maximum Gasteiger partial charge on any atom is 0.123 e. The Morgan fingerprint density at radius 3 is 3.00 bits per heavy atom. The number of nitrogens with one attached hydrogen (secondary N) is 1. The van der Waals surface area contributed by atoms with E-state index >= 15 is 0 Å². The summed E-state index contributed by atoms with van der Waals surface area (Å²) >= 11 is 0. The van der Waals surface area contributed by atoms with Gasteiger partial charge in [0.15, 0.2) is 0 Å². The number of hydrogen-bond donors (Lipinski definition) is 1. The Morgan fingerprint density at radius 1 is 1.22 bits per heavy atom. The molecule has 18 heavy (non-hydrogen) atoms. The van der Waals surface area contributed by atoms with Crippen molar-refractivity contribution in [3.05, 3.63) is 24.3 Å². The van der Waals surface area contributed by atoms with E-state index in [1.165, 1.54) is 6.42 Å². The smallest absolute Gasteiger partial charge is 0.123 e. The Balaban J connectivity index is 1.73. The second kappa shape index (κ2) is 7.24. The van der Waals surface area contributed by atoms with E-state index in [-0.39, 0.29) is 0 Å². The lowest BCUT2D eigenvalue weighted by atomic mass is 10.3. The molecule has 1 aromatic rings. The summed E-state index contributed by atoms with van der Waals surface area (Å²) in [4.78, 5) is 2.44. The van der Waals surface area contributed by atoms with Crippen molar-refractivity contribution in [1.29, 1.82) is 0 Å². The van der Waals surface area contributed by atoms with Gasteiger partial charge in [0.05, 0.1) is 7.11 Å². The highest BCUT2D eigenvalue weighted by atomic mass is 16.5. The molecule has 1 aromatic carbocycles. The summed E-state index contributed by atoms with van der Waals surface area (Å²) in [6.45, 7) is 6.20. The maximum absolute atomic E-state index is 5.75. The molecule has 1 N–H and O–H groups in total. The van der Waals surface area contributed by atoms with Crippen molar-refractivity contribution in [3.63, 3.8) is 0 Å². The van der Waals surface area contributed by atoms with Crippen molar-refractivity contribution in [3.8, 4) is 11.5 Å². The van der Waals surface area contributed by atoms with Gasteiger partial charge in [-0.1, -0.05) is 6.07 Å². The van der Waals surface area contributed by atoms with Crippen LogP contribution in [0.25, 0.3) is 0 Å². The van der Waals surface area contributed by atoms with E-state index < -0.39 is 0 Å². The SMILES string of the molecule is COc1cccc(OCCN2CCCNCC2)c1. The van der Waals surface area contributed by atoms with Crippen LogP contribution in [0.3, 0.4) is 0 Å². The van der Waals surface area contributed by atoms with Crippen LogP contribution in [-0.4, -0.2) is 51.3 Å². The fourth-order valence-electron chi connectivity index (χ4n) is 2.11. The molecule has 100 valence electrons. The Morgan fingerprint density at radius 2 is 2.11 bits per heavy atom. The second-order valence-corrected chi connectivity index (χ2v) is 4.47. The van der Waals surface area contributed by atoms with Gasteiger partial charge in [0.1, 0.15) is 18.1 Å². The third kappa shape index (κ3) is 4.20. The minimum atomic E-state index is 0.729. The van der Waals surface area contributed by atoms with Crippen LogP contribution in [0.15, 0.2) is 24.3 Å². The normalized spacial score (nSPS) is 17.2. The van der Waals surface area contributed by atoms with Crippen molar-refractivity contribution in [2.24, 2.45) is 0 Å². The van der Waals surface area contributed by atoms with Gasteiger partial charge in [-0.05, 0) is 31.6 Å². The lowest BCUT2D eigenvalue weighted by Crippen LogP contribution is -2.31. The minimum absolute atomic E-state index is 0.729. The van der Waals surface area contributed by atoms with Crippen LogP contribution in [0.1, 0.15) is 6.42 Å². The molecular formula is C14H22N2O2. The number of rotatable bonds is 5. The molecule has 4 nitrogen and oxygen atoms in total. The summed E-state index contributed by atoms with van der Waals surface area (Å²) in [5.41, 5.74) is 0. The van der Waals surface area contributed by atoms with E-state index in [9.17, 15) is 0 Å². The van der Waals surface area contributed by atoms with Gasteiger partial charge in [-0.2, -0.15) is 0 Å². The van der Waals surface area contributed by atoms with Crippen molar-refractivity contribution in [2.45, 2.75) is 6.42 Å². The standard InChI is InChI=1S/C14H22N2O2/c1-17-13-4-2-5-14(12-13)18-11-10-16-8-3-6-15-7-9-16/h2,4-5,12,15H,3,6-11H2,1H3. The molecule has 0 unspecified atom stereocenters. The zero-order valence-corrected chi connectivity index (χ0v) is 11.0. The van der Waals surface area contributed by atoms with E-state index in [2.05, 4.69) is 10.2 Å². The lowest BCUT2D eigenvalue weighted by Gasteiger charge is -2.19. The summed E-state index contributed by atoms with van der Waals surface area (Å²) in [6, 6.07) is 7.76. The zero-order chi connectivity index (χ0) is 12.6. The molecule has 0 bridgehead atoms. The predicted molar refractivity (Wildman–Crippen MR) is 72.4 cm³/mol. The molecule has 0 aromatic heterocycles. The quantitative estimate of drug-likeness (QED) is 0.856. The first-order valence-electron chi connectivity index (χ1n) is 6.58. The fourth-order valence-corrected chi connectivity index (χ4v) is 2.11. The first kappa shape index (κ1) is 13.2. The highest BCUT2D eigenvalue weighted by Gasteiger charge is 2.08. The van der Waals surface area contributed by atoms with Gasteiger partial charge in [-0.25, -0.2) is 0 Å². The number of hydrogen-bond acceptors (Lipinski definition) is 4. The Kier molecular flexibility index (Phi) is 5.30. The molecule has 1 aliphatic rings. The van der Waals surface area contributed by atoms with Crippen LogP contribution in [0, 0.1) is 0 Å². The number of benzene rings is 1. The number of nitrogens with zero attached hydrogens (tertiary/aromatic N) is 1. The van der Waals surface area contributed by atoms with Gasteiger partial charge in [0, 0.05) is 25.7 Å². The van der Waals surface area contributed by atoms with Crippen LogP contribution in [0.5, 0.6) is 11.5 Å². The van der Waals surface area contributed by atoms with Crippen LogP contribution >= 0.6 is 0 Å². The van der Waals surface area contributed by atoms with E-state index in [1.807, 2.05) is 24.3 Å². The van der Waals surface area contributed by atoms with Crippen molar-refractivity contribution in [2.75, 3.05) is 46.4 Å². The second-order valence-electron chi connectivity index (χ2n) is 4.47. The molecule has 4 heteroatoms. The average molecular weight is 250 g/mol. The summed E-state index contributed by atoms with van der Waals surface area (Å²) in [7, 11) is 1.67. The van der Waals surface area contributed by atoms with E-state index in [4.69, 9.17) is 9.47 Å². The Hall–Kier alpha value is -1.26. The molecular weight excluding hydrogens is 228 g/mol. The van der Waals surface area contributed by atoms with Gasteiger partial charge < -0.3 is 14.8 Å². The largest absolute Gasteiger partial charge is 0.497 e. The van der Waals surface area contributed by atoms with Crippen LogP contribution in [-0.2, 0) is 0 Å². The number of ether oxygens (including phenoxy) is 2. The molecule has 0 saturated carbocycles. The molecule has 0 aliphatic carbocycles. The molecule has 1 heterocycles. The van der Waals surface area contributed by atoms with E-state index in [1.54, 1.807) is 7.11 Å². The molecule has 0 radical (unpaired) electrons. The summed E-state index contributed by atoms with van der Waals surface area (Å²) in [6.07, 6.45) is 1.22. The van der Waals surface area contributed by atoms with Crippen molar-refractivity contribution in [1.82, 2.24) is 10.2 Å². The Labute approximate surface area is 109 Å². The van der Waals surface area contributed by atoms with Gasteiger partial charge in [0.25, 0.3) is 0 Å². The summed E-state index contributed by atoms with van der Waals surface area (Å²) in [5.74, 6) is 1.72. The topological polar surface area (TPSA) is 33.7 Å². The summed E-state index contributed by atoms with van der Waals surface area (Å²) < 4.78 is 10.9. The molecule has 0 spiro atoms. The van der Waals surface area contributed by atoms with Crippen LogP contribution in [0.4, 0.5) is 0 Å². The van der Waals surface area contributed by atoms with E-state index in [0.29, 0.717) is 0 Å². The minimum Gasteiger partial charge on any atom is -0.497 e. The lowest BCUT2D eigenvalue weighted by molar-refractivity contribution is 0.217. The molecule has 2 rings (SSSR count). The monoisotopic (exact) mass is 250 g/mol. The maximum atomic E-state index is 5.75. The first-order chi connectivity index (χ1) is 8.88. The molecule has 1 fully saturated rings. The van der Waals surface area contributed by atoms with Gasteiger partial charge in [0.2, 0.25) is 0 Å². The molecule has 0 atom stereocenters. The van der Waals surface area contributed by atoms with Crippen LogP contribution in [0.2, 0.25) is 0 Å². The fraction of sp³-hybridized carbons (Fsp3) is 0.571. The van der Waals surface area contributed by atoms with Gasteiger partial charge >= 0.3 is 0 Å². The zero-order valence-electron chi connectivity index (χ0n) is 11.0. The summed E-state index contributed by atoms with van der Waals surface area (Å²) in [5, 5.41) is 3.40. The third-order valence-electron chi connectivity index (χ3n) is 3.15. The Bertz CT molecular complexity index is 349. The highest BCUT2D eigenvalue weighted by Crippen LogP contribution is 2.18. The van der Waals surface area contributed by atoms with Gasteiger partial charge in [-0.3, -0.25) is 4.90 Å². The average Bonchev–Trinajstić information content (AvgIpc) is 2.68. The van der Waals surface area contributed by atoms with Crippen molar-refractivity contribution >= 4 is 0 Å². The molecule has 0 amide bonds. The molecule has 1 aliphatic heterocycles. The third-order valence-corrected chi connectivity index (χ3v) is 3.15. The van der Waals surface area contributed by atoms with E-state index in [0.717, 1.165) is 50.8 Å². The van der Waals surface area contributed by atoms with Gasteiger partial charge in [-0.15, -0.1) is 0 Å². The predicted octanol–water partition coefficient (Wildman–Crippen LogP) is 1.37. The molecule has 1 saturated heterocycles. The number of methoxy groups -OCH3 is 1. The first-order valence-corrected chi connectivity index (χ1v) is 6.58.